The van der Waals surface area contributed by atoms with Gasteiger partial charge in [0.05, 0.1) is 32.8 Å². The molecule has 0 bridgehead atoms. The van der Waals surface area contributed by atoms with Gasteiger partial charge in [-0.1, -0.05) is 18.2 Å². The molecule has 24 nitrogen and oxygen atoms in total. The monoisotopic (exact) mass is 917 g/mol. The van der Waals surface area contributed by atoms with E-state index in [2.05, 4.69) is 30.9 Å². The van der Waals surface area contributed by atoms with Crippen LogP contribution in [0, 0.1) is 0 Å². The zero-order chi connectivity index (χ0) is 46.9. The minimum absolute atomic E-state index is 0.0638. The van der Waals surface area contributed by atoms with Gasteiger partial charge >= 0.3 is 17.9 Å². The van der Waals surface area contributed by atoms with Gasteiger partial charge < -0.3 is 68.8 Å². The van der Waals surface area contributed by atoms with Crippen LogP contribution in [0.2, 0.25) is 0 Å². The molecule has 0 aliphatic carbocycles. The van der Waals surface area contributed by atoms with Gasteiger partial charge in [0, 0.05) is 52.8 Å². The molecular weight excluding hydrogens is 862 g/mol. The van der Waals surface area contributed by atoms with Gasteiger partial charge in [0.2, 0.25) is 11.8 Å². The molecule has 5 N–H and O–H groups in total. The Kier molecular flexibility index (Phi) is 19.4. The summed E-state index contributed by atoms with van der Waals surface area (Å²) in [5.41, 5.74) is 0.978. The van der Waals surface area contributed by atoms with Crippen molar-refractivity contribution in [2.24, 2.45) is 0 Å². The third-order valence-electron chi connectivity index (χ3n) is 9.83. The number of unbranched alkanes of at least 4 members (excludes halogenated alkanes) is 1. The van der Waals surface area contributed by atoms with Crippen LogP contribution in [0.1, 0.15) is 63.5 Å². The molecule has 0 unspecified atom stereocenters. The van der Waals surface area contributed by atoms with Crippen LogP contribution in [-0.2, 0) is 66.6 Å². The zero-order valence-corrected chi connectivity index (χ0v) is 36.3. The minimum Gasteiger partial charge on any atom is -0.463 e. The van der Waals surface area contributed by atoms with Crippen molar-refractivity contribution >= 4 is 52.6 Å². The van der Waals surface area contributed by atoms with Gasteiger partial charge in [0.1, 0.15) is 50.2 Å². The van der Waals surface area contributed by atoms with Gasteiger partial charge in [-0.25, -0.2) is 15.0 Å². The summed E-state index contributed by atoms with van der Waals surface area (Å²) in [4.78, 5) is 85.7. The Bertz CT molecular complexity index is 2060. The molecule has 3 amide bonds. The molecule has 0 spiro atoms. The maximum Gasteiger partial charge on any atom is 0.303 e. The van der Waals surface area contributed by atoms with Gasteiger partial charge in [-0.05, 0) is 25.0 Å². The van der Waals surface area contributed by atoms with Crippen molar-refractivity contribution in [3.05, 3.63) is 48.5 Å². The van der Waals surface area contributed by atoms with Crippen molar-refractivity contribution < 1.29 is 81.6 Å². The fourth-order valence-electron chi connectivity index (χ4n) is 6.95. The number of ether oxygens (including phenoxy) is 9. The molecule has 2 aliphatic heterocycles. The second-order valence-corrected chi connectivity index (χ2v) is 14.8. The SMILES string of the molecule is CC(=O)N[C@@H]1[C@@H](OCCCCC(=O)NCCOCCOCO[C@@H]2[C@H](O)[C@@H](CO)O[C@H]2n2cnc3c(NC(=O)c4ccccc4)ncnc32)O[C@@H](COC(C)=O)[C@@H](OC(C)=O)[C@H]1OC(C)=O. The van der Waals surface area contributed by atoms with Gasteiger partial charge in [-0.15, -0.1) is 0 Å². The van der Waals surface area contributed by atoms with E-state index in [-0.39, 0.29) is 75.7 Å². The summed E-state index contributed by atoms with van der Waals surface area (Å²) >= 11 is 0. The van der Waals surface area contributed by atoms with Crippen LogP contribution in [0.3, 0.4) is 0 Å². The van der Waals surface area contributed by atoms with E-state index < -0.39 is 91.5 Å². The molecule has 356 valence electrons. The number of aliphatic hydroxyl groups excluding tert-OH is 2. The van der Waals surface area contributed by atoms with E-state index in [1.54, 1.807) is 30.3 Å². The highest BCUT2D eigenvalue weighted by molar-refractivity contribution is 6.06. The number of nitrogens with one attached hydrogen (secondary N) is 3. The Hall–Kier alpha value is -5.73. The van der Waals surface area contributed by atoms with E-state index in [4.69, 9.17) is 42.6 Å². The molecule has 2 aromatic heterocycles. The van der Waals surface area contributed by atoms with Crippen LogP contribution < -0.4 is 16.0 Å². The first-order valence-electron chi connectivity index (χ1n) is 20.8. The Balaban J connectivity index is 0.995. The first kappa shape index (κ1) is 50.3. The zero-order valence-electron chi connectivity index (χ0n) is 36.3. The Morgan fingerprint density at radius 1 is 0.800 bits per heavy atom. The summed E-state index contributed by atoms with van der Waals surface area (Å²) in [5, 5.41) is 28.9. The Morgan fingerprint density at radius 2 is 1.54 bits per heavy atom. The Morgan fingerprint density at radius 3 is 2.25 bits per heavy atom. The summed E-state index contributed by atoms with van der Waals surface area (Å²) in [6.45, 7) is 4.35. The molecule has 0 saturated carbocycles. The van der Waals surface area contributed by atoms with E-state index in [0.717, 1.165) is 13.8 Å². The second kappa shape index (κ2) is 25.1. The molecule has 2 aliphatic rings. The van der Waals surface area contributed by atoms with Crippen LogP contribution in [-0.4, -0.2) is 167 Å². The number of fused-ring (bicyclic) bond motifs is 1. The topological polar surface area (TPSA) is 306 Å². The predicted octanol–water partition coefficient (Wildman–Crippen LogP) is -0.336. The van der Waals surface area contributed by atoms with Crippen LogP contribution in [0.25, 0.3) is 11.2 Å². The largest absolute Gasteiger partial charge is 0.463 e. The van der Waals surface area contributed by atoms with Crippen LogP contribution in [0.15, 0.2) is 43.0 Å². The predicted molar refractivity (Wildman–Crippen MR) is 220 cm³/mol. The molecule has 9 atom stereocenters. The molecule has 65 heavy (non-hydrogen) atoms. The summed E-state index contributed by atoms with van der Waals surface area (Å²) in [7, 11) is 0. The van der Waals surface area contributed by atoms with Crippen molar-refractivity contribution in [3.63, 3.8) is 0 Å². The van der Waals surface area contributed by atoms with Crippen LogP contribution in [0.5, 0.6) is 0 Å². The third kappa shape index (κ3) is 14.6. The third-order valence-corrected chi connectivity index (χ3v) is 9.83. The lowest BCUT2D eigenvalue weighted by atomic mass is 9.96. The summed E-state index contributed by atoms with van der Waals surface area (Å²) in [6.07, 6.45) is -5.34. The van der Waals surface area contributed by atoms with Crippen molar-refractivity contribution in [1.82, 2.24) is 30.2 Å². The molecule has 2 fully saturated rings. The average molecular weight is 918 g/mol. The standard InChI is InChI=1S/C41H55N7O17/c1-23(50)46-31-35(63-26(4)53)34(62-25(3)52)29(19-60-24(2)51)65-41(31)59-14-9-8-12-30(54)42-13-15-57-16-17-58-22-61-36-33(55)28(18-49)64-40(36)48-21-45-32-37(43-20-44-38(32)48)47-39(56)27-10-6-5-7-11-27/h5-7,10-11,20-21,28-29,31,33-36,40-41,49,55H,8-9,12-19,22H2,1-4H3,(H,42,54)(H,46,50)(H,43,44,47,56)/t28-,29+,31+,33-,34-,35+,36-,40-,41+/m1/s1. The van der Waals surface area contributed by atoms with Gasteiger partial charge in [-0.3, -0.25) is 33.3 Å². The molecule has 4 heterocycles. The number of aliphatic hydroxyl groups is 2. The highest BCUT2D eigenvalue weighted by Gasteiger charge is 2.51. The van der Waals surface area contributed by atoms with Gasteiger partial charge in [0.15, 0.2) is 41.7 Å². The maximum atomic E-state index is 12.8. The molecule has 2 saturated heterocycles. The number of carbonyl (C=O) groups excluding carboxylic acids is 6. The number of amides is 3. The van der Waals surface area contributed by atoms with Crippen LogP contribution >= 0.6 is 0 Å². The lowest BCUT2D eigenvalue weighted by Gasteiger charge is -2.44. The van der Waals surface area contributed by atoms with E-state index >= 15 is 0 Å². The number of nitrogens with zero attached hydrogens (tertiary/aromatic N) is 4. The average Bonchev–Trinajstić information content (AvgIpc) is 3.84. The highest BCUT2D eigenvalue weighted by Crippen LogP contribution is 2.34. The normalized spacial score (nSPS) is 23.9. The van der Waals surface area contributed by atoms with Crippen molar-refractivity contribution in [1.29, 1.82) is 0 Å². The maximum absolute atomic E-state index is 12.8. The van der Waals surface area contributed by atoms with Gasteiger partial charge in [0.25, 0.3) is 5.91 Å². The molecular formula is C41H55N7O17. The van der Waals surface area contributed by atoms with E-state index in [1.807, 2.05) is 0 Å². The lowest BCUT2D eigenvalue weighted by molar-refractivity contribution is -0.277. The molecule has 1 aromatic carbocycles. The van der Waals surface area contributed by atoms with Gasteiger partial charge in [-0.2, -0.15) is 0 Å². The first-order chi connectivity index (χ1) is 31.3. The number of carbonyl (C=O) groups is 6. The summed E-state index contributed by atoms with van der Waals surface area (Å²) in [5.74, 6) is -3.04. The number of benzene rings is 1. The fraction of sp³-hybridized carbons (Fsp3) is 0.585. The summed E-state index contributed by atoms with van der Waals surface area (Å²) < 4.78 is 52.2. The van der Waals surface area contributed by atoms with E-state index in [9.17, 15) is 39.0 Å². The second-order valence-electron chi connectivity index (χ2n) is 14.8. The van der Waals surface area contributed by atoms with E-state index in [0.29, 0.717) is 18.4 Å². The van der Waals surface area contributed by atoms with Crippen LogP contribution in [0.4, 0.5) is 5.82 Å². The van der Waals surface area contributed by atoms with Crippen molar-refractivity contribution in [3.8, 4) is 0 Å². The lowest BCUT2D eigenvalue weighted by Crippen LogP contribution is -2.66. The molecule has 0 radical (unpaired) electrons. The Labute approximate surface area is 372 Å². The molecule has 3 aromatic rings. The number of imidazole rings is 1. The fourth-order valence-corrected chi connectivity index (χ4v) is 6.95. The first-order valence-corrected chi connectivity index (χ1v) is 20.8. The number of anilines is 1. The van der Waals surface area contributed by atoms with Crippen molar-refractivity contribution in [2.75, 3.05) is 58.3 Å². The number of hydrogen-bond donors (Lipinski definition) is 5. The number of rotatable bonds is 24. The van der Waals surface area contributed by atoms with Crippen molar-refractivity contribution in [2.45, 2.75) is 102 Å². The van der Waals surface area contributed by atoms with E-state index in [1.165, 1.54) is 31.1 Å². The summed E-state index contributed by atoms with van der Waals surface area (Å²) in [6, 6.07) is 7.48. The quantitative estimate of drug-likeness (QED) is 0.0332. The minimum atomic E-state index is -1.24. The highest BCUT2D eigenvalue weighted by atomic mass is 16.7. The molecule has 5 rings (SSSR count). The smallest absolute Gasteiger partial charge is 0.303 e. The number of aromatic nitrogens is 4. The number of hydrogen-bond acceptors (Lipinski definition) is 20. The number of esters is 3. The molecule has 24 heteroatoms.